The topological polar surface area (TPSA) is 51.2 Å². The number of ether oxygens (including phenoxy) is 1. The molecule has 1 aromatic heterocycles. The number of carbonyl (C=O) groups is 1. The smallest absolute Gasteiger partial charge is 0.350 e. The van der Waals surface area contributed by atoms with E-state index in [2.05, 4.69) is 15.0 Å². The lowest BCUT2D eigenvalue weighted by Crippen LogP contribution is -1.99. The van der Waals surface area contributed by atoms with E-state index in [1.807, 2.05) is 0 Å². The van der Waals surface area contributed by atoms with Gasteiger partial charge in [-0.25, -0.2) is 9.78 Å². The molecule has 0 radical (unpaired) electrons. The first-order valence-electron chi connectivity index (χ1n) is 5.29. The lowest BCUT2D eigenvalue weighted by Gasteiger charge is -2.05. The predicted octanol–water partition coefficient (Wildman–Crippen LogP) is 4.29. The normalized spacial score (nSPS) is 10.3. The highest BCUT2D eigenvalue weighted by Gasteiger charge is 2.16. The van der Waals surface area contributed by atoms with Crippen molar-refractivity contribution in [3.63, 3.8) is 0 Å². The molecule has 2 rings (SSSR count). The van der Waals surface area contributed by atoms with E-state index in [9.17, 15) is 4.79 Å². The fourth-order valence-electron chi connectivity index (χ4n) is 1.44. The van der Waals surface area contributed by atoms with Gasteiger partial charge in [-0.15, -0.1) is 0 Å². The van der Waals surface area contributed by atoms with Gasteiger partial charge >= 0.3 is 5.97 Å². The molecule has 0 spiro atoms. The number of hydrogen-bond donors (Lipinski definition) is 1. The SMILES string of the molecule is COC(=O)c1sc(Nc2cc(Cl)ccc2Cl)nc1C. The van der Waals surface area contributed by atoms with Crippen LogP contribution in [0.15, 0.2) is 18.2 Å². The lowest BCUT2D eigenvalue weighted by molar-refractivity contribution is 0.0605. The highest BCUT2D eigenvalue weighted by atomic mass is 35.5. The number of halogens is 2. The highest BCUT2D eigenvalue weighted by molar-refractivity contribution is 7.17. The van der Waals surface area contributed by atoms with Crippen LogP contribution < -0.4 is 5.32 Å². The molecule has 0 bridgehead atoms. The largest absolute Gasteiger partial charge is 0.465 e. The summed E-state index contributed by atoms with van der Waals surface area (Å²) in [5.41, 5.74) is 1.25. The Labute approximate surface area is 124 Å². The molecular formula is C12H10Cl2N2O2S. The number of methoxy groups -OCH3 is 1. The molecule has 0 atom stereocenters. The highest BCUT2D eigenvalue weighted by Crippen LogP contribution is 2.31. The van der Waals surface area contributed by atoms with E-state index >= 15 is 0 Å². The van der Waals surface area contributed by atoms with Crippen molar-refractivity contribution in [3.8, 4) is 0 Å². The van der Waals surface area contributed by atoms with E-state index in [4.69, 9.17) is 23.2 Å². The number of nitrogens with one attached hydrogen (secondary N) is 1. The van der Waals surface area contributed by atoms with Crippen LogP contribution in [0.4, 0.5) is 10.8 Å². The average Bonchev–Trinajstić information content (AvgIpc) is 2.74. The van der Waals surface area contributed by atoms with Gasteiger partial charge in [-0.05, 0) is 25.1 Å². The van der Waals surface area contributed by atoms with Crippen molar-refractivity contribution < 1.29 is 9.53 Å². The summed E-state index contributed by atoms with van der Waals surface area (Å²) in [6.45, 7) is 1.74. The van der Waals surface area contributed by atoms with Crippen LogP contribution in [0.5, 0.6) is 0 Å². The first kappa shape index (κ1) is 14.1. The summed E-state index contributed by atoms with van der Waals surface area (Å²) < 4.78 is 4.68. The maximum Gasteiger partial charge on any atom is 0.350 e. The number of anilines is 2. The van der Waals surface area contributed by atoms with Crippen LogP contribution in [0.2, 0.25) is 10.0 Å². The van der Waals surface area contributed by atoms with Crippen molar-refractivity contribution in [1.82, 2.24) is 4.98 Å². The summed E-state index contributed by atoms with van der Waals surface area (Å²) >= 11 is 13.2. The molecule has 0 saturated heterocycles. The second kappa shape index (κ2) is 5.77. The van der Waals surface area contributed by atoms with Gasteiger partial charge in [0.25, 0.3) is 0 Å². The lowest BCUT2D eigenvalue weighted by atomic mass is 10.3. The molecule has 1 heterocycles. The molecule has 1 N–H and O–H groups in total. The number of benzene rings is 1. The molecule has 0 amide bonds. The monoisotopic (exact) mass is 316 g/mol. The molecule has 0 saturated carbocycles. The van der Waals surface area contributed by atoms with Gasteiger partial charge in [-0.2, -0.15) is 0 Å². The van der Waals surface area contributed by atoms with Crippen molar-refractivity contribution in [2.24, 2.45) is 0 Å². The Kier molecular flexibility index (Phi) is 4.29. The third-order valence-electron chi connectivity index (χ3n) is 2.34. The van der Waals surface area contributed by atoms with E-state index < -0.39 is 5.97 Å². The van der Waals surface area contributed by atoms with Crippen molar-refractivity contribution in [1.29, 1.82) is 0 Å². The van der Waals surface area contributed by atoms with Gasteiger partial charge in [0.05, 0.1) is 23.5 Å². The second-order valence-electron chi connectivity index (χ2n) is 3.67. The summed E-state index contributed by atoms with van der Waals surface area (Å²) in [7, 11) is 1.34. The van der Waals surface area contributed by atoms with Gasteiger partial charge in [0.1, 0.15) is 4.88 Å². The predicted molar refractivity (Wildman–Crippen MR) is 77.9 cm³/mol. The summed E-state index contributed by atoms with van der Waals surface area (Å²) in [4.78, 5) is 16.2. The summed E-state index contributed by atoms with van der Waals surface area (Å²) in [5.74, 6) is -0.403. The van der Waals surface area contributed by atoms with Crippen LogP contribution in [0.3, 0.4) is 0 Å². The molecular weight excluding hydrogens is 307 g/mol. The minimum atomic E-state index is -0.403. The number of rotatable bonds is 3. The first-order chi connectivity index (χ1) is 9.01. The van der Waals surface area contributed by atoms with E-state index in [0.29, 0.717) is 31.4 Å². The fraction of sp³-hybridized carbons (Fsp3) is 0.167. The maximum absolute atomic E-state index is 11.5. The van der Waals surface area contributed by atoms with Crippen molar-refractivity contribution >= 4 is 51.3 Å². The molecule has 4 nitrogen and oxygen atoms in total. The molecule has 0 fully saturated rings. The van der Waals surface area contributed by atoms with Crippen molar-refractivity contribution in [2.75, 3.05) is 12.4 Å². The second-order valence-corrected chi connectivity index (χ2v) is 5.52. The van der Waals surface area contributed by atoms with Gasteiger partial charge in [-0.1, -0.05) is 34.5 Å². The Bertz CT molecular complexity index is 628. The van der Waals surface area contributed by atoms with Gasteiger partial charge in [0.15, 0.2) is 5.13 Å². The Morgan fingerprint density at radius 3 is 2.84 bits per heavy atom. The molecule has 2 aromatic rings. The number of thiazole rings is 1. The van der Waals surface area contributed by atoms with E-state index in [1.165, 1.54) is 18.4 Å². The quantitative estimate of drug-likeness (QED) is 0.858. The third-order valence-corrected chi connectivity index (χ3v) is 3.95. The summed E-state index contributed by atoms with van der Waals surface area (Å²) in [6.07, 6.45) is 0. The minimum Gasteiger partial charge on any atom is -0.465 e. The van der Waals surface area contributed by atoms with Crippen LogP contribution in [0.1, 0.15) is 15.4 Å². The van der Waals surface area contributed by atoms with Crippen LogP contribution in [-0.4, -0.2) is 18.1 Å². The van der Waals surface area contributed by atoms with Gasteiger partial charge in [0, 0.05) is 5.02 Å². The fourth-order valence-corrected chi connectivity index (χ4v) is 2.67. The van der Waals surface area contributed by atoms with E-state index in [0.717, 1.165) is 0 Å². The molecule has 0 aliphatic heterocycles. The molecule has 0 unspecified atom stereocenters. The Morgan fingerprint density at radius 2 is 2.16 bits per heavy atom. The Balaban J connectivity index is 2.29. The third kappa shape index (κ3) is 3.18. The van der Waals surface area contributed by atoms with E-state index in [1.54, 1.807) is 25.1 Å². The Hall–Kier alpha value is -1.30. The zero-order chi connectivity index (χ0) is 14.0. The minimum absolute atomic E-state index is 0.403. The van der Waals surface area contributed by atoms with Gasteiger partial charge < -0.3 is 10.1 Å². The average molecular weight is 317 g/mol. The van der Waals surface area contributed by atoms with Crippen molar-refractivity contribution in [3.05, 3.63) is 38.8 Å². The summed E-state index contributed by atoms with van der Waals surface area (Å²) in [5, 5.41) is 4.68. The zero-order valence-corrected chi connectivity index (χ0v) is 12.5. The number of hydrogen-bond acceptors (Lipinski definition) is 5. The molecule has 0 aliphatic carbocycles. The summed E-state index contributed by atoms with van der Waals surface area (Å²) in [6, 6.07) is 5.08. The standard InChI is InChI=1S/C12H10Cl2N2O2S/c1-6-10(11(17)18-2)19-12(15-6)16-9-5-7(13)3-4-8(9)14/h3-5H,1-2H3,(H,15,16). The van der Waals surface area contributed by atoms with Crippen LogP contribution in [0, 0.1) is 6.92 Å². The zero-order valence-electron chi connectivity index (χ0n) is 10.2. The number of esters is 1. The van der Waals surface area contributed by atoms with Crippen molar-refractivity contribution in [2.45, 2.75) is 6.92 Å². The van der Waals surface area contributed by atoms with Gasteiger partial charge in [0.2, 0.25) is 0 Å². The van der Waals surface area contributed by atoms with Crippen LogP contribution in [-0.2, 0) is 4.74 Å². The molecule has 7 heteroatoms. The van der Waals surface area contributed by atoms with Gasteiger partial charge in [-0.3, -0.25) is 0 Å². The maximum atomic E-state index is 11.5. The number of aromatic nitrogens is 1. The molecule has 0 aliphatic rings. The Morgan fingerprint density at radius 1 is 1.42 bits per heavy atom. The molecule has 19 heavy (non-hydrogen) atoms. The number of nitrogens with zero attached hydrogens (tertiary/aromatic N) is 1. The first-order valence-corrected chi connectivity index (χ1v) is 6.86. The van der Waals surface area contributed by atoms with Crippen LogP contribution in [0.25, 0.3) is 0 Å². The molecule has 100 valence electrons. The number of carbonyl (C=O) groups excluding carboxylic acids is 1. The molecule has 1 aromatic carbocycles. The number of aryl methyl sites for hydroxylation is 1. The van der Waals surface area contributed by atoms with E-state index in [-0.39, 0.29) is 0 Å². The van der Waals surface area contributed by atoms with Crippen LogP contribution >= 0.6 is 34.5 Å².